The zero-order valence-electron chi connectivity index (χ0n) is 15.4. The summed E-state index contributed by atoms with van der Waals surface area (Å²) < 4.78 is 0. The molecule has 1 aromatic heterocycles. The van der Waals surface area contributed by atoms with E-state index in [1.807, 2.05) is 6.92 Å². The fourth-order valence-electron chi connectivity index (χ4n) is 3.76. The molecule has 0 unspecified atom stereocenters. The van der Waals surface area contributed by atoms with Crippen molar-refractivity contribution in [3.63, 3.8) is 0 Å². The van der Waals surface area contributed by atoms with Gasteiger partial charge in [-0.2, -0.15) is 10.1 Å². The SMILES string of the molecule is Cc1n[nH]c(=O)nc1N1CCN(C(c2ccccc2)c2ccccc2)CC1. The van der Waals surface area contributed by atoms with Crippen LogP contribution in [-0.4, -0.2) is 46.3 Å². The quantitative estimate of drug-likeness (QED) is 0.773. The van der Waals surface area contributed by atoms with E-state index in [4.69, 9.17) is 0 Å². The molecule has 1 aliphatic heterocycles. The van der Waals surface area contributed by atoms with Crippen molar-refractivity contribution in [2.75, 3.05) is 31.1 Å². The van der Waals surface area contributed by atoms with Crippen molar-refractivity contribution in [1.29, 1.82) is 0 Å². The number of aromatic amines is 1. The van der Waals surface area contributed by atoms with Crippen molar-refractivity contribution in [1.82, 2.24) is 20.1 Å². The lowest BCUT2D eigenvalue weighted by atomic mass is 9.96. The van der Waals surface area contributed by atoms with Gasteiger partial charge in [0.25, 0.3) is 0 Å². The van der Waals surface area contributed by atoms with Gasteiger partial charge < -0.3 is 4.90 Å². The Kier molecular flexibility index (Phi) is 4.98. The normalized spacial score (nSPS) is 15.3. The predicted octanol–water partition coefficient (Wildman–Crippen LogP) is 2.38. The van der Waals surface area contributed by atoms with Gasteiger partial charge in [0.15, 0.2) is 5.82 Å². The van der Waals surface area contributed by atoms with Gasteiger partial charge in [-0.05, 0) is 18.1 Å². The van der Waals surface area contributed by atoms with Gasteiger partial charge in [0.2, 0.25) is 0 Å². The van der Waals surface area contributed by atoms with Crippen molar-refractivity contribution in [3.8, 4) is 0 Å². The summed E-state index contributed by atoms with van der Waals surface area (Å²) >= 11 is 0. The summed E-state index contributed by atoms with van der Waals surface area (Å²) in [4.78, 5) is 20.3. The van der Waals surface area contributed by atoms with Gasteiger partial charge in [0.1, 0.15) is 5.69 Å². The number of aryl methyl sites for hydroxylation is 1. The number of nitrogens with one attached hydrogen (secondary N) is 1. The minimum Gasteiger partial charge on any atom is -0.352 e. The van der Waals surface area contributed by atoms with Crippen LogP contribution in [0.5, 0.6) is 0 Å². The molecule has 27 heavy (non-hydrogen) atoms. The molecule has 0 atom stereocenters. The molecule has 2 heterocycles. The van der Waals surface area contributed by atoms with Gasteiger partial charge in [0, 0.05) is 26.2 Å². The maximum Gasteiger partial charge on any atom is 0.363 e. The minimum absolute atomic E-state index is 0.223. The number of hydrogen-bond acceptors (Lipinski definition) is 5. The van der Waals surface area contributed by atoms with Crippen LogP contribution in [0.25, 0.3) is 0 Å². The van der Waals surface area contributed by atoms with Crippen molar-refractivity contribution in [2.45, 2.75) is 13.0 Å². The molecule has 1 fully saturated rings. The first kappa shape index (κ1) is 17.4. The highest BCUT2D eigenvalue weighted by Gasteiger charge is 2.27. The Bertz CT molecular complexity index is 894. The average Bonchev–Trinajstić information content (AvgIpc) is 2.72. The molecule has 0 radical (unpaired) electrons. The molecule has 3 aromatic rings. The molecule has 2 aromatic carbocycles. The number of rotatable bonds is 4. The Morgan fingerprint density at radius 2 is 1.44 bits per heavy atom. The summed E-state index contributed by atoms with van der Waals surface area (Å²) in [5.74, 6) is 0.689. The second-order valence-corrected chi connectivity index (χ2v) is 6.80. The molecule has 138 valence electrons. The van der Waals surface area contributed by atoms with Crippen molar-refractivity contribution < 1.29 is 0 Å². The largest absolute Gasteiger partial charge is 0.363 e. The van der Waals surface area contributed by atoms with E-state index in [1.165, 1.54) is 11.1 Å². The fourth-order valence-corrected chi connectivity index (χ4v) is 3.76. The Morgan fingerprint density at radius 3 is 2.00 bits per heavy atom. The van der Waals surface area contributed by atoms with Crippen LogP contribution in [0.15, 0.2) is 65.5 Å². The van der Waals surface area contributed by atoms with Gasteiger partial charge in [-0.25, -0.2) is 9.89 Å². The summed E-state index contributed by atoms with van der Waals surface area (Å²) in [6, 6.07) is 21.5. The summed E-state index contributed by atoms with van der Waals surface area (Å²) in [6.45, 7) is 5.29. The summed E-state index contributed by atoms with van der Waals surface area (Å²) in [7, 11) is 0. The molecule has 0 amide bonds. The number of anilines is 1. The van der Waals surface area contributed by atoms with Crippen LogP contribution in [0.1, 0.15) is 22.9 Å². The first-order valence-electron chi connectivity index (χ1n) is 9.24. The number of H-pyrrole nitrogens is 1. The molecular formula is C21H23N5O. The Balaban J connectivity index is 1.57. The zero-order valence-corrected chi connectivity index (χ0v) is 15.4. The van der Waals surface area contributed by atoms with Gasteiger partial charge >= 0.3 is 5.69 Å². The predicted molar refractivity (Wildman–Crippen MR) is 106 cm³/mol. The molecule has 6 heteroatoms. The highest BCUT2D eigenvalue weighted by molar-refractivity contribution is 5.42. The maximum atomic E-state index is 11.6. The van der Waals surface area contributed by atoms with Gasteiger partial charge in [-0.1, -0.05) is 60.7 Å². The molecule has 0 spiro atoms. The van der Waals surface area contributed by atoms with Crippen LogP contribution >= 0.6 is 0 Å². The first-order valence-corrected chi connectivity index (χ1v) is 9.24. The van der Waals surface area contributed by atoms with Crippen molar-refractivity contribution >= 4 is 5.82 Å². The third-order valence-electron chi connectivity index (χ3n) is 5.06. The van der Waals surface area contributed by atoms with Crippen LogP contribution in [0.3, 0.4) is 0 Å². The van der Waals surface area contributed by atoms with E-state index in [2.05, 4.69) is 85.6 Å². The second kappa shape index (κ2) is 7.72. The molecule has 6 nitrogen and oxygen atoms in total. The van der Waals surface area contributed by atoms with E-state index < -0.39 is 5.69 Å². The van der Waals surface area contributed by atoms with Gasteiger partial charge in [-0.3, -0.25) is 4.90 Å². The molecule has 0 saturated carbocycles. The monoisotopic (exact) mass is 361 g/mol. The zero-order chi connectivity index (χ0) is 18.6. The van der Waals surface area contributed by atoms with Crippen LogP contribution in [0, 0.1) is 6.92 Å². The Morgan fingerprint density at radius 1 is 0.889 bits per heavy atom. The molecular weight excluding hydrogens is 338 g/mol. The van der Waals surface area contributed by atoms with Crippen LogP contribution in [-0.2, 0) is 0 Å². The van der Waals surface area contributed by atoms with Gasteiger partial charge in [-0.15, -0.1) is 0 Å². The topological polar surface area (TPSA) is 65.1 Å². The average molecular weight is 361 g/mol. The lowest BCUT2D eigenvalue weighted by Gasteiger charge is -2.40. The highest BCUT2D eigenvalue weighted by Crippen LogP contribution is 2.30. The summed E-state index contributed by atoms with van der Waals surface area (Å²) in [6.07, 6.45) is 0. The molecule has 1 saturated heterocycles. The van der Waals surface area contributed by atoms with E-state index in [1.54, 1.807) is 0 Å². The van der Waals surface area contributed by atoms with E-state index in [9.17, 15) is 4.79 Å². The number of aromatic nitrogens is 3. The number of benzene rings is 2. The van der Waals surface area contributed by atoms with E-state index in [0.717, 1.165) is 31.9 Å². The Hall–Kier alpha value is -2.99. The van der Waals surface area contributed by atoms with Crippen LogP contribution < -0.4 is 10.6 Å². The molecule has 4 rings (SSSR count). The van der Waals surface area contributed by atoms with Crippen LogP contribution in [0.4, 0.5) is 5.82 Å². The molecule has 1 N–H and O–H groups in total. The number of piperazine rings is 1. The fraction of sp³-hybridized carbons (Fsp3) is 0.286. The molecule has 0 bridgehead atoms. The van der Waals surface area contributed by atoms with Crippen molar-refractivity contribution in [2.24, 2.45) is 0 Å². The smallest absolute Gasteiger partial charge is 0.352 e. The Labute approximate surface area is 158 Å². The lowest BCUT2D eigenvalue weighted by molar-refractivity contribution is 0.212. The second-order valence-electron chi connectivity index (χ2n) is 6.80. The third-order valence-corrected chi connectivity index (χ3v) is 5.06. The number of nitrogens with zero attached hydrogens (tertiary/aromatic N) is 4. The molecule has 0 aliphatic carbocycles. The van der Waals surface area contributed by atoms with E-state index in [0.29, 0.717) is 5.82 Å². The van der Waals surface area contributed by atoms with Crippen molar-refractivity contribution in [3.05, 3.63) is 88.0 Å². The third kappa shape index (κ3) is 3.75. The maximum absolute atomic E-state index is 11.6. The highest BCUT2D eigenvalue weighted by atomic mass is 16.1. The van der Waals surface area contributed by atoms with Gasteiger partial charge in [0.05, 0.1) is 6.04 Å². The minimum atomic E-state index is -0.399. The standard InChI is InChI=1S/C21H23N5O/c1-16-20(22-21(27)24-23-16)26-14-12-25(13-15-26)19(17-8-4-2-5-9-17)18-10-6-3-7-11-18/h2-11,19H,12-15H2,1H3,(H,22,24,27). The van der Waals surface area contributed by atoms with Crippen LogP contribution in [0.2, 0.25) is 0 Å². The summed E-state index contributed by atoms with van der Waals surface area (Å²) in [5.41, 5.74) is 2.95. The number of hydrogen-bond donors (Lipinski definition) is 1. The van der Waals surface area contributed by atoms with E-state index >= 15 is 0 Å². The summed E-state index contributed by atoms with van der Waals surface area (Å²) in [5, 5.41) is 6.44. The lowest BCUT2D eigenvalue weighted by Crippen LogP contribution is -2.48. The molecule has 1 aliphatic rings. The van der Waals surface area contributed by atoms with E-state index in [-0.39, 0.29) is 6.04 Å². The first-order chi connectivity index (χ1) is 13.2.